The maximum Gasteiger partial charge on any atom is 0.272 e. The number of fused-ring (bicyclic) bond motifs is 1. The highest BCUT2D eigenvalue weighted by atomic mass is 35.5. The summed E-state index contributed by atoms with van der Waals surface area (Å²) in [6, 6.07) is 7.08. The molecule has 1 aromatic carbocycles. The van der Waals surface area contributed by atoms with E-state index in [9.17, 15) is 28.2 Å². The molecule has 196 valence electrons. The van der Waals surface area contributed by atoms with E-state index >= 15 is 0 Å². The molecule has 1 saturated carbocycles. The molecule has 2 aromatic rings. The number of halogens is 1. The number of aliphatic hydroxyl groups is 2. The monoisotopic (exact) mass is 538 g/mol. The van der Waals surface area contributed by atoms with Crippen LogP contribution in [0.15, 0.2) is 24.3 Å². The van der Waals surface area contributed by atoms with Crippen molar-refractivity contribution in [3.63, 3.8) is 0 Å². The maximum atomic E-state index is 13.4. The largest absolute Gasteiger partial charge is 0.394 e. The third kappa shape index (κ3) is 4.42. The zero-order valence-corrected chi connectivity index (χ0v) is 22.1. The molecule has 1 atom stereocenters. The summed E-state index contributed by atoms with van der Waals surface area (Å²) in [5.74, 6) is -0.783. The van der Waals surface area contributed by atoms with Crippen molar-refractivity contribution in [3.8, 4) is 0 Å². The number of nitrogens with zero attached hydrogens (tertiary/aromatic N) is 3. The van der Waals surface area contributed by atoms with Crippen LogP contribution in [0, 0.1) is 0 Å². The molecular weight excluding hydrogens is 508 g/mol. The minimum Gasteiger partial charge on any atom is -0.394 e. The van der Waals surface area contributed by atoms with Crippen molar-refractivity contribution < 1.29 is 28.2 Å². The van der Waals surface area contributed by atoms with Gasteiger partial charge in [0.25, 0.3) is 11.8 Å². The molecule has 1 aliphatic heterocycles. The number of nitrogens with one attached hydrogen (secondary N) is 1. The Morgan fingerprint density at radius 2 is 1.92 bits per heavy atom. The van der Waals surface area contributed by atoms with Crippen molar-refractivity contribution in [1.29, 1.82) is 0 Å². The lowest BCUT2D eigenvalue weighted by atomic mass is 10.0. The minimum atomic E-state index is -3.89. The number of sulfone groups is 1. The molecule has 4 rings (SSSR count). The quantitative estimate of drug-likeness (QED) is 0.433. The average molecular weight is 539 g/mol. The second-order valence-electron chi connectivity index (χ2n) is 10.1. The Morgan fingerprint density at radius 1 is 1.28 bits per heavy atom. The van der Waals surface area contributed by atoms with E-state index < -0.39 is 37.9 Å². The van der Waals surface area contributed by atoms with Crippen LogP contribution in [0.4, 0.5) is 0 Å². The van der Waals surface area contributed by atoms with Gasteiger partial charge >= 0.3 is 0 Å². The lowest BCUT2D eigenvalue weighted by Crippen LogP contribution is -2.55. The lowest BCUT2D eigenvalue weighted by molar-refractivity contribution is 0.0673. The standard InChI is InChI=1S/C24H31ClN4O6S/c1-23(2,18(31)13-30)36(34,35)24(9-10-24)14-29-11-8-17-19(27-28(3)20(17)22(29)33)21(32)26-12-15-4-6-16(25)7-5-15/h4-7,18,30-31H,8-14H2,1-3H3,(H,26,32)/t18-/m0/s1. The molecule has 1 aliphatic carbocycles. The first-order valence-corrected chi connectivity index (χ1v) is 13.6. The van der Waals surface area contributed by atoms with Crippen LogP contribution < -0.4 is 5.32 Å². The zero-order chi connectivity index (χ0) is 26.5. The van der Waals surface area contributed by atoms with Gasteiger partial charge in [-0.1, -0.05) is 23.7 Å². The van der Waals surface area contributed by atoms with Crippen LogP contribution in [0.1, 0.15) is 58.8 Å². The fraction of sp³-hybridized carbons (Fsp3) is 0.542. The number of rotatable bonds is 9. The van der Waals surface area contributed by atoms with Gasteiger partial charge in [0, 0.05) is 37.3 Å². The topological polar surface area (TPSA) is 142 Å². The first-order chi connectivity index (χ1) is 16.8. The Bertz CT molecular complexity index is 1280. The normalized spacial score (nSPS) is 18.1. The predicted molar refractivity (Wildman–Crippen MR) is 133 cm³/mol. The van der Waals surface area contributed by atoms with Gasteiger partial charge in [-0.15, -0.1) is 0 Å². The SMILES string of the molecule is Cn1nc(C(=O)NCc2ccc(Cl)cc2)c2c1C(=O)N(CC1(S(=O)(=O)C(C)(C)[C@@H](O)CO)CC1)CC2. The molecule has 36 heavy (non-hydrogen) atoms. The van der Waals surface area contributed by atoms with Crippen molar-refractivity contribution >= 4 is 33.3 Å². The highest BCUT2D eigenvalue weighted by Crippen LogP contribution is 2.50. The molecule has 0 radical (unpaired) electrons. The maximum absolute atomic E-state index is 13.4. The number of amides is 2. The van der Waals surface area contributed by atoms with E-state index in [2.05, 4.69) is 10.4 Å². The first kappa shape index (κ1) is 26.6. The summed E-state index contributed by atoms with van der Waals surface area (Å²) in [5.41, 5.74) is 1.84. The van der Waals surface area contributed by atoms with Gasteiger partial charge in [0.05, 0.1) is 22.2 Å². The summed E-state index contributed by atoms with van der Waals surface area (Å²) >= 11 is 5.90. The van der Waals surface area contributed by atoms with E-state index in [1.165, 1.54) is 23.4 Å². The van der Waals surface area contributed by atoms with Gasteiger partial charge in [-0.3, -0.25) is 14.3 Å². The van der Waals surface area contributed by atoms with Crippen LogP contribution in [0.25, 0.3) is 0 Å². The van der Waals surface area contributed by atoms with Gasteiger partial charge in [0.1, 0.15) is 5.69 Å². The fourth-order valence-corrected chi connectivity index (χ4v) is 7.37. The van der Waals surface area contributed by atoms with Crippen LogP contribution in [-0.2, 0) is 29.9 Å². The van der Waals surface area contributed by atoms with Crippen molar-refractivity contribution in [2.24, 2.45) is 7.05 Å². The number of carbonyl (C=O) groups excluding carboxylic acids is 2. The second-order valence-corrected chi connectivity index (χ2v) is 13.4. The van der Waals surface area contributed by atoms with Crippen LogP contribution in [0.3, 0.4) is 0 Å². The molecule has 0 bridgehead atoms. The van der Waals surface area contributed by atoms with Gasteiger partial charge in [-0.25, -0.2) is 8.42 Å². The van der Waals surface area contributed by atoms with Crippen molar-refractivity contribution in [2.75, 3.05) is 19.7 Å². The molecule has 3 N–H and O–H groups in total. The van der Waals surface area contributed by atoms with Crippen LogP contribution >= 0.6 is 11.6 Å². The number of hydrogen-bond donors (Lipinski definition) is 3. The van der Waals surface area contributed by atoms with Gasteiger partial charge in [0.2, 0.25) is 0 Å². The first-order valence-electron chi connectivity index (χ1n) is 11.8. The molecule has 2 heterocycles. The third-order valence-corrected chi connectivity index (χ3v) is 11.0. The molecule has 1 aromatic heterocycles. The van der Waals surface area contributed by atoms with E-state index in [-0.39, 0.29) is 36.9 Å². The predicted octanol–water partition coefficient (Wildman–Crippen LogP) is 1.08. The highest BCUT2D eigenvalue weighted by molar-refractivity contribution is 7.94. The number of aryl methyl sites for hydroxylation is 1. The Labute approximate surface area is 215 Å². The van der Waals surface area contributed by atoms with Crippen LogP contribution in [0.2, 0.25) is 5.02 Å². The third-order valence-electron chi connectivity index (χ3n) is 7.37. The second kappa shape index (κ2) is 9.44. The molecule has 1 fully saturated rings. The van der Waals surface area contributed by atoms with E-state index in [0.29, 0.717) is 29.8 Å². The molecule has 0 saturated heterocycles. The number of carbonyl (C=O) groups is 2. The Balaban J connectivity index is 1.51. The van der Waals surface area contributed by atoms with Crippen molar-refractivity contribution in [1.82, 2.24) is 20.0 Å². The summed E-state index contributed by atoms with van der Waals surface area (Å²) in [6.07, 6.45) is -0.332. The number of hydrogen-bond acceptors (Lipinski definition) is 7. The number of aromatic nitrogens is 2. The molecular formula is C24H31ClN4O6S. The smallest absolute Gasteiger partial charge is 0.272 e. The number of benzene rings is 1. The molecule has 12 heteroatoms. The van der Waals surface area contributed by atoms with Gasteiger partial charge in [-0.05, 0) is 50.8 Å². The molecule has 10 nitrogen and oxygen atoms in total. The van der Waals surface area contributed by atoms with Gasteiger partial charge < -0.3 is 20.4 Å². The molecule has 2 amide bonds. The summed E-state index contributed by atoms with van der Waals surface area (Å²) in [5, 5.41) is 27.2. The van der Waals surface area contributed by atoms with E-state index in [4.69, 9.17) is 11.6 Å². The summed E-state index contributed by atoms with van der Waals surface area (Å²) in [6.45, 7) is 2.63. The van der Waals surface area contributed by atoms with Gasteiger partial charge in [-0.2, -0.15) is 5.10 Å². The van der Waals surface area contributed by atoms with Crippen molar-refractivity contribution in [2.45, 2.75) is 55.3 Å². The minimum absolute atomic E-state index is 0.0154. The Kier molecular flexibility index (Phi) is 6.97. The lowest BCUT2D eigenvalue weighted by Gasteiger charge is -2.36. The fourth-order valence-electron chi connectivity index (χ4n) is 4.73. The van der Waals surface area contributed by atoms with E-state index in [1.807, 2.05) is 0 Å². The molecule has 2 aliphatic rings. The average Bonchev–Trinajstić information content (AvgIpc) is 3.56. The molecule has 0 spiro atoms. The number of aliphatic hydroxyl groups excluding tert-OH is 2. The summed E-state index contributed by atoms with van der Waals surface area (Å²) in [4.78, 5) is 27.8. The van der Waals surface area contributed by atoms with E-state index in [0.717, 1.165) is 5.56 Å². The van der Waals surface area contributed by atoms with E-state index in [1.54, 1.807) is 31.3 Å². The molecule has 0 unspecified atom stereocenters. The Hall–Kier alpha value is -2.47. The van der Waals surface area contributed by atoms with Crippen LogP contribution in [-0.4, -0.2) is 80.4 Å². The summed E-state index contributed by atoms with van der Waals surface area (Å²) < 4.78 is 25.5. The zero-order valence-electron chi connectivity index (χ0n) is 20.5. The van der Waals surface area contributed by atoms with Crippen molar-refractivity contribution in [3.05, 3.63) is 51.8 Å². The highest BCUT2D eigenvalue weighted by Gasteiger charge is 2.62. The summed E-state index contributed by atoms with van der Waals surface area (Å²) in [7, 11) is -2.31. The van der Waals surface area contributed by atoms with Crippen LogP contribution in [0.5, 0.6) is 0 Å². The Morgan fingerprint density at radius 3 is 2.50 bits per heavy atom. The van der Waals surface area contributed by atoms with Gasteiger partial charge in [0.15, 0.2) is 15.5 Å².